The molecule has 0 fully saturated rings. The molecule has 0 aliphatic heterocycles. The molecule has 0 saturated carbocycles. The molecule has 2 nitrogen and oxygen atoms in total. The van der Waals surface area contributed by atoms with Crippen LogP contribution in [-0.2, 0) is 0 Å². The molecule has 0 bridgehead atoms. The lowest BCUT2D eigenvalue weighted by atomic mass is 10.3. The molecule has 0 amide bonds. The molecule has 0 unspecified atom stereocenters. The molecule has 15 heavy (non-hydrogen) atoms. The Hall–Kier alpha value is -0.770. The maximum atomic E-state index is 6.08. The van der Waals surface area contributed by atoms with Crippen LogP contribution < -0.4 is 0 Å². The van der Waals surface area contributed by atoms with Gasteiger partial charge in [-0.2, -0.15) is 0 Å². The largest absolute Gasteiger partial charge is 0.335 e. The van der Waals surface area contributed by atoms with Crippen molar-refractivity contribution < 1.29 is 0 Å². The van der Waals surface area contributed by atoms with Crippen molar-refractivity contribution in [3.05, 3.63) is 44.9 Å². The number of halogens is 2. The Labute approximate surface area is 102 Å². The zero-order valence-electron chi connectivity index (χ0n) is 7.92. The van der Waals surface area contributed by atoms with Gasteiger partial charge in [0.2, 0.25) is 0 Å². The molecule has 0 spiro atoms. The van der Waals surface area contributed by atoms with Crippen molar-refractivity contribution in [3.8, 4) is 5.69 Å². The Kier molecular flexibility index (Phi) is 2.87. The first-order valence-electron chi connectivity index (χ1n) is 4.31. The molecule has 0 radical (unpaired) electrons. The lowest BCUT2D eigenvalue weighted by Gasteiger charge is -2.04. The van der Waals surface area contributed by atoms with Gasteiger partial charge in [0.25, 0.3) is 0 Å². The highest BCUT2D eigenvalue weighted by molar-refractivity contribution is 7.71. The van der Waals surface area contributed by atoms with Gasteiger partial charge in [0.05, 0.1) is 10.7 Å². The second-order valence-corrected chi connectivity index (χ2v) is 4.44. The van der Waals surface area contributed by atoms with E-state index in [4.69, 9.17) is 35.4 Å². The van der Waals surface area contributed by atoms with Gasteiger partial charge in [-0.05, 0) is 37.3 Å². The molecule has 0 atom stereocenters. The lowest BCUT2D eigenvalue weighted by Crippen LogP contribution is -1.92. The molecule has 2 rings (SSSR count). The number of aromatic amines is 1. The number of nitrogens with zero attached hydrogens (tertiary/aromatic N) is 1. The first-order chi connectivity index (χ1) is 7.08. The number of hydrogen-bond donors (Lipinski definition) is 1. The van der Waals surface area contributed by atoms with Crippen LogP contribution in [0.15, 0.2) is 24.4 Å². The summed E-state index contributed by atoms with van der Waals surface area (Å²) in [6, 6.07) is 5.32. The van der Waals surface area contributed by atoms with Crippen molar-refractivity contribution in [1.82, 2.24) is 9.55 Å². The van der Waals surface area contributed by atoms with Gasteiger partial charge in [-0.25, -0.2) is 0 Å². The van der Waals surface area contributed by atoms with Crippen molar-refractivity contribution in [2.75, 3.05) is 0 Å². The van der Waals surface area contributed by atoms with Crippen LogP contribution in [0.4, 0.5) is 0 Å². The van der Waals surface area contributed by atoms with Crippen molar-refractivity contribution >= 4 is 35.4 Å². The maximum absolute atomic E-state index is 6.08. The van der Waals surface area contributed by atoms with Gasteiger partial charge in [0.1, 0.15) is 0 Å². The summed E-state index contributed by atoms with van der Waals surface area (Å²) in [4.78, 5) is 3.03. The Bertz CT molecular complexity index is 557. The lowest BCUT2D eigenvalue weighted by molar-refractivity contribution is 1.03. The molecule has 0 aliphatic rings. The van der Waals surface area contributed by atoms with Gasteiger partial charge in [-0.15, -0.1) is 0 Å². The fourth-order valence-corrected chi connectivity index (χ4v) is 2.18. The third-order valence-corrected chi connectivity index (χ3v) is 2.85. The average Bonchev–Trinajstić information content (AvgIpc) is 2.45. The number of nitrogens with one attached hydrogen (secondary N) is 1. The van der Waals surface area contributed by atoms with Crippen LogP contribution in [0, 0.1) is 11.7 Å². The number of hydrogen-bond acceptors (Lipinski definition) is 1. The van der Waals surface area contributed by atoms with E-state index >= 15 is 0 Å². The highest BCUT2D eigenvalue weighted by Gasteiger charge is 2.05. The highest BCUT2D eigenvalue weighted by Crippen LogP contribution is 2.24. The van der Waals surface area contributed by atoms with Crippen LogP contribution in [0.25, 0.3) is 5.69 Å². The van der Waals surface area contributed by atoms with E-state index in [1.807, 2.05) is 23.8 Å². The van der Waals surface area contributed by atoms with Crippen molar-refractivity contribution in [3.63, 3.8) is 0 Å². The average molecular weight is 259 g/mol. The van der Waals surface area contributed by atoms with E-state index in [1.54, 1.807) is 12.1 Å². The molecule has 1 aromatic carbocycles. The van der Waals surface area contributed by atoms with E-state index in [-0.39, 0.29) is 0 Å². The van der Waals surface area contributed by atoms with Crippen LogP contribution in [0.3, 0.4) is 0 Å². The first-order valence-corrected chi connectivity index (χ1v) is 5.48. The summed E-state index contributed by atoms with van der Waals surface area (Å²) in [7, 11) is 0. The predicted molar refractivity (Wildman–Crippen MR) is 65.7 cm³/mol. The summed E-state index contributed by atoms with van der Waals surface area (Å²) in [6.07, 6.45) is 1.90. The number of H-pyrrole nitrogens is 1. The Balaban J connectivity index is 2.64. The van der Waals surface area contributed by atoms with Gasteiger partial charge >= 0.3 is 0 Å². The molecular formula is C10H8Cl2N2S. The minimum Gasteiger partial charge on any atom is -0.335 e. The third-order valence-electron chi connectivity index (χ3n) is 2.01. The van der Waals surface area contributed by atoms with E-state index < -0.39 is 0 Å². The van der Waals surface area contributed by atoms with E-state index in [0.717, 1.165) is 11.4 Å². The molecule has 78 valence electrons. The Morgan fingerprint density at radius 1 is 1.33 bits per heavy atom. The minimum absolute atomic E-state index is 0.581. The summed E-state index contributed by atoms with van der Waals surface area (Å²) in [5, 5.41) is 1.19. The van der Waals surface area contributed by atoms with Crippen molar-refractivity contribution in [2.45, 2.75) is 6.92 Å². The van der Waals surface area contributed by atoms with Gasteiger partial charge in [0.15, 0.2) is 4.77 Å². The van der Waals surface area contributed by atoms with E-state index in [9.17, 15) is 0 Å². The number of aryl methyl sites for hydroxylation is 1. The topological polar surface area (TPSA) is 20.7 Å². The fourth-order valence-electron chi connectivity index (χ4n) is 1.37. The summed E-state index contributed by atoms with van der Waals surface area (Å²) in [5.74, 6) is 0. The van der Waals surface area contributed by atoms with Gasteiger partial charge in [0, 0.05) is 16.9 Å². The Morgan fingerprint density at radius 2 is 2.07 bits per heavy atom. The highest BCUT2D eigenvalue weighted by atomic mass is 35.5. The van der Waals surface area contributed by atoms with E-state index in [0.29, 0.717) is 14.8 Å². The maximum Gasteiger partial charge on any atom is 0.182 e. The Morgan fingerprint density at radius 3 is 2.60 bits per heavy atom. The number of imidazole rings is 1. The smallest absolute Gasteiger partial charge is 0.182 e. The van der Waals surface area contributed by atoms with Gasteiger partial charge < -0.3 is 4.98 Å². The van der Waals surface area contributed by atoms with E-state index in [1.165, 1.54) is 0 Å². The number of rotatable bonds is 1. The molecule has 0 saturated heterocycles. The monoisotopic (exact) mass is 258 g/mol. The molecule has 2 aromatic rings. The fraction of sp³-hybridized carbons (Fsp3) is 0.100. The van der Waals surface area contributed by atoms with Crippen molar-refractivity contribution in [2.24, 2.45) is 0 Å². The van der Waals surface area contributed by atoms with Gasteiger partial charge in [-0.3, -0.25) is 4.57 Å². The van der Waals surface area contributed by atoms with Crippen molar-refractivity contribution in [1.29, 1.82) is 0 Å². The summed E-state index contributed by atoms with van der Waals surface area (Å²) >= 11 is 17.1. The molecule has 1 aromatic heterocycles. The zero-order valence-corrected chi connectivity index (χ0v) is 10.2. The minimum atomic E-state index is 0.581. The standard InChI is InChI=1S/C10H8Cl2N2S/c1-6-5-14(10(15)13-6)9-3-2-7(11)4-8(9)12/h2-5H,1H3,(H,13,15). The quantitative estimate of drug-likeness (QED) is 0.763. The first kappa shape index (κ1) is 10.7. The number of aromatic nitrogens is 2. The molecule has 1 N–H and O–H groups in total. The van der Waals surface area contributed by atoms with Crippen LogP contribution in [-0.4, -0.2) is 9.55 Å². The second kappa shape index (κ2) is 4.00. The van der Waals surface area contributed by atoms with Crippen LogP contribution in [0.1, 0.15) is 5.69 Å². The SMILES string of the molecule is Cc1cn(-c2ccc(Cl)cc2Cl)c(=S)[nH]1. The molecule has 5 heteroatoms. The van der Waals surface area contributed by atoms with E-state index in [2.05, 4.69) is 4.98 Å². The summed E-state index contributed by atoms with van der Waals surface area (Å²) in [6.45, 7) is 1.94. The van der Waals surface area contributed by atoms with Gasteiger partial charge in [-0.1, -0.05) is 23.2 Å². The third kappa shape index (κ3) is 2.09. The number of benzene rings is 1. The molecule has 1 heterocycles. The van der Waals surface area contributed by atoms with Crippen LogP contribution in [0.2, 0.25) is 10.0 Å². The second-order valence-electron chi connectivity index (χ2n) is 3.21. The zero-order chi connectivity index (χ0) is 11.0. The normalized spacial score (nSPS) is 10.6. The van der Waals surface area contributed by atoms with Crippen LogP contribution in [0.5, 0.6) is 0 Å². The summed E-state index contributed by atoms with van der Waals surface area (Å²) < 4.78 is 2.44. The van der Waals surface area contributed by atoms with Crippen LogP contribution >= 0.6 is 35.4 Å². The molecular weight excluding hydrogens is 251 g/mol. The molecule has 0 aliphatic carbocycles. The summed E-state index contributed by atoms with van der Waals surface area (Å²) in [5.41, 5.74) is 1.82. The predicted octanol–water partition coefficient (Wildman–Crippen LogP) is 4.15.